The van der Waals surface area contributed by atoms with Crippen LogP contribution in [0.4, 0.5) is 0 Å². The van der Waals surface area contributed by atoms with Gasteiger partial charge in [-0.3, -0.25) is 0 Å². The number of carboxylic acids is 1. The van der Waals surface area contributed by atoms with Crippen LogP contribution in [-0.2, 0) is 14.8 Å². The number of nitrogens with one attached hydrogen (secondary N) is 1. The number of hydrogen-bond donors (Lipinski definition) is 3. The fourth-order valence-electron chi connectivity index (χ4n) is 1.43. The molecule has 0 saturated heterocycles. The lowest BCUT2D eigenvalue weighted by molar-refractivity contribution is -0.155. The number of aliphatic hydroxyl groups is 1. The Morgan fingerprint density at radius 2 is 1.82 bits per heavy atom. The van der Waals surface area contributed by atoms with Crippen molar-refractivity contribution in [3.63, 3.8) is 0 Å². The van der Waals surface area contributed by atoms with Gasteiger partial charge in [-0.1, -0.05) is 0 Å². The first-order valence-electron chi connectivity index (χ1n) is 5.92. The van der Waals surface area contributed by atoms with E-state index in [0.29, 0.717) is 5.75 Å². The predicted molar refractivity (Wildman–Crippen MR) is 80.7 cm³/mol. The van der Waals surface area contributed by atoms with Crippen molar-refractivity contribution in [2.75, 3.05) is 20.8 Å². The van der Waals surface area contributed by atoms with E-state index in [0.717, 1.165) is 6.92 Å². The van der Waals surface area contributed by atoms with Crippen molar-refractivity contribution in [2.45, 2.75) is 17.4 Å². The summed E-state index contributed by atoms with van der Waals surface area (Å²) < 4.78 is 36.8. The van der Waals surface area contributed by atoms with Gasteiger partial charge >= 0.3 is 5.97 Å². The topological polar surface area (TPSA) is 122 Å². The van der Waals surface area contributed by atoms with Gasteiger partial charge in [0.1, 0.15) is 4.90 Å². The van der Waals surface area contributed by atoms with Crippen LogP contribution in [0.2, 0.25) is 0 Å². The zero-order chi connectivity index (χ0) is 17.1. The van der Waals surface area contributed by atoms with Gasteiger partial charge in [-0.05, 0) is 28.9 Å². The molecule has 0 heterocycles. The highest BCUT2D eigenvalue weighted by atomic mass is 79.9. The highest BCUT2D eigenvalue weighted by molar-refractivity contribution is 9.10. The molecule has 3 N–H and O–H groups in total. The summed E-state index contributed by atoms with van der Waals surface area (Å²) in [5, 5.41) is 18.4. The van der Waals surface area contributed by atoms with Crippen LogP contribution < -0.4 is 14.2 Å². The third-order valence-electron chi connectivity index (χ3n) is 2.79. The summed E-state index contributed by atoms with van der Waals surface area (Å²) in [7, 11) is -1.32. The number of sulfonamides is 1. The molecule has 8 nitrogen and oxygen atoms in total. The van der Waals surface area contributed by atoms with Crippen LogP contribution in [-0.4, -0.2) is 51.0 Å². The molecule has 22 heavy (non-hydrogen) atoms. The van der Waals surface area contributed by atoms with E-state index in [1.54, 1.807) is 0 Å². The summed E-state index contributed by atoms with van der Waals surface area (Å²) in [5.74, 6) is -1.02. The molecule has 1 aromatic carbocycles. The largest absolute Gasteiger partial charge is 0.493 e. The van der Waals surface area contributed by atoms with Crippen molar-refractivity contribution < 1.29 is 32.9 Å². The van der Waals surface area contributed by atoms with E-state index < -0.39 is 28.1 Å². The Bertz CT molecular complexity index is 672. The molecular formula is C12H16BrNO7S. The van der Waals surface area contributed by atoms with Gasteiger partial charge in [-0.2, -0.15) is 0 Å². The first-order chi connectivity index (χ1) is 10.0. The monoisotopic (exact) mass is 397 g/mol. The first kappa shape index (κ1) is 18.7. The third-order valence-corrected chi connectivity index (χ3v) is 5.15. The van der Waals surface area contributed by atoms with Crippen molar-refractivity contribution >= 4 is 31.9 Å². The van der Waals surface area contributed by atoms with Crippen LogP contribution in [0.25, 0.3) is 0 Å². The Morgan fingerprint density at radius 3 is 2.27 bits per heavy atom. The van der Waals surface area contributed by atoms with Gasteiger partial charge < -0.3 is 19.7 Å². The van der Waals surface area contributed by atoms with Crippen LogP contribution in [0.1, 0.15) is 6.92 Å². The lowest BCUT2D eigenvalue weighted by atomic mass is 10.1. The Labute approximate surface area is 136 Å². The second kappa shape index (κ2) is 6.82. The minimum atomic E-state index is -4.07. The summed E-state index contributed by atoms with van der Waals surface area (Å²) in [6, 6.07) is 2.63. The standard InChI is InChI=1S/C12H16BrNO7S/c1-12(17,11(15)16)6-14-22(18,19)10-5-9(21-3)8(20-2)4-7(10)13/h4-5,14,17H,6H2,1-3H3,(H,15,16). The van der Waals surface area contributed by atoms with Crippen LogP contribution in [0, 0.1) is 0 Å². The predicted octanol–water partition coefficient (Wildman–Crippen LogP) is 0.580. The summed E-state index contributed by atoms with van der Waals surface area (Å²) in [4.78, 5) is 10.6. The van der Waals surface area contributed by atoms with E-state index in [1.807, 2.05) is 4.72 Å². The molecule has 0 bridgehead atoms. The van der Waals surface area contributed by atoms with E-state index in [4.69, 9.17) is 14.6 Å². The molecule has 0 aliphatic carbocycles. The minimum absolute atomic E-state index is 0.175. The molecule has 0 aliphatic rings. The molecular weight excluding hydrogens is 382 g/mol. The second-order valence-corrected chi connectivity index (χ2v) is 7.13. The Hall–Kier alpha value is -1.36. The lowest BCUT2D eigenvalue weighted by Gasteiger charge is -2.19. The molecule has 1 atom stereocenters. The summed E-state index contributed by atoms with van der Waals surface area (Å²) in [6.07, 6.45) is 0. The zero-order valence-corrected chi connectivity index (χ0v) is 14.5. The number of benzene rings is 1. The van der Waals surface area contributed by atoms with Crippen LogP contribution in [0.5, 0.6) is 11.5 Å². The average molecular weight is 398 g/mol. The fraction of sp³-hybridized carbons (Fsp3) is 0.417. The van der Waals surface area contributed by atoms with Gasteiger partial charge in [0.15, 0.2) is 17.1 Å². The number of aliphatic carboxylic acids is 1. The van der Waals surface area contributed by atoms with Gasteiger partial charge in [0, 0.05) is 10.5 Å². The number of carboxylic acid groups (broad SMARTS) is 1. The van der Waals surface area contributed by atoms with E-state index >= 15 is 0 Å². The van der Waals surface area contributed by atoms with Gasteiger partial charge in [0.25, 0.3) is 0 Å². The maximum absolute atomic E-state index is 12.2. The smallest absolute Gasteiger partial charge is 0.336 e. The number of carbonyl (C=O) groups is 1. The highest BCUT2D eigenvalue weighted by Crippen LogP contribution is 2.35. The van der Waals surface area contributed by atoms with Crippen molar-refractivity contribution in [1.82, 2.24) is 4.72 Å². The number of rotatable bonds is 7. The molecule has 124 valence electrons. The Kier molecular flexibility index (Phi) is 5.79. The average Bonchev–Trinajstić information content (AvgIpc) is 2.44. The lowest BCUT2D eigenvalue weighted by Crippen LogP contribution is -2.46. The molecule has 0 amide bonds. The highest BCUT2D eigenvalue weighted by Gasteiger charge is 2.32. The molecule has 1 rings (SSSR count). The maximum Gasteiger partial charge on any atom is 0.336 e. The molecule has 0 aromatic heterocycles. The van der Waals surface area contributed by atoms with Crippen molar-refractivity contribution in [3.8, 4) is 11.5 Å². The molecule has 0 aliphatic heterocycles. The quantitative estimate of drug-likeness (QED) is 0.614. The zero-order valence-electron chi connectivity index (χ0n) is 12.1. The van der Waals surface area contributed by atoms with Crippen molar-refractivity contribution in [1.29, 1.82) is 0 Å². The fourth-order valence-corrected chi connectivity index (χ4v) is 3.60. The van der Waals surface area contributed by atoms with Crippen molar-refractivity contribution in [2.24, 2.45) is 0 Å². The Morgan fingerprint density at radius 1 is 1.32 bits per heavy atom. The SMILES string of the molecule is COc1cc(Br)c(S(=O)(=O)NCC(C)(O)C(=O)O)cc1OC. The van der Waals surface area contributed by atoms with Crippen LogP contribution >= 0.6 is 15.9 Å². The molecule has 0 spiro atoms. The van der Waals surface area contributed by atoms with E-state index in [2.05, 4.69) is 15.9 Å². The minimum Gasteiger partial charge on any atom is -0.493 e. The number of methoxy groups -OCH3 is 2. The van der Waals surface area contributed by atoms with Gasteiger partial charge in [-0.15, -0.1) is 0 Å². The van der Waals surface area contributed by atoms with Crippen LogP contribution in [0.15, 0.2) is 21.5 Å². The maximum atomic E-state index is 12.2. The van der Waals surface area contributed by atoms with Gasteiger partial charge in [0.2, 0.25) is 10.0 Å². The molecule has 0 fully saturated rings. The molecule has 1 unspecified atom stereocenters. The number of halogens is 1. The van der Waals surface area contributed by atoms with Crippen LogP contribution in [0.3, 0.4) is 0 Å². The first-order valence-corrected chi connectivity index (χ1v) is 8.19. The van der Waals surface area contributed by atoms with Crippen molar-refractivity contribution in [3.05, 3.63) is 16.6 Å². The van der Waals surface area contributed by atoms with Gasteiger partial charge in [-0.25, -0.2) is 17.9 Å². The normalized spacial score (nSPS) is 14.2. The van der Waals surface area contributed by atoms with E-state index in [9.17, 15) is 18.3 Å². The summed E-state index contributed by atoms with van der Waals surface area (Å²) >= 11 is 3.10. The number of ether oxygens (including phenoxy) is 2. The Balaban J connectivity index is 3.16. The molecule has 1 aromatic rings. The summed E-state index contributed by atoms with van der Waals surface area (Å²) in [6.45, 7) is 0.299. The van der Waals surface area contributed by atoms with E-state index in [1.165, 1.54) is 26.4 Å². The van der Waals surface area contributed by atoms with Gasteiger partial charge in [0.05, 0.1) is 20.8 Å². The molecule has 0 saturated carbocycles. The second-order valence-electron chi connectivity index (χ2n) is 4.54. The third kappa shape index (κ3) is 4.09. The summed E-state index contributed by atoms with van der Waals surface area (Å²) in [5.41, 5.74) is -2.23. The number of hydrogen-bond acceptors (Lipinski definition) is 6. The molecule has 10 heteroatoms. The van der Waals surface area contributed by atoms with E-state index in [-0.39, 0.29) is 15.1 Å². The molecule has 0 radical (unpaired) electrons.